The van der Waals surface area contributed by atoms with E-state index in [2.05, 4.69) is 52.8 Å². The van der Waals surface area contributed by atoms with Gasteiger partial charge >= 0.3 is 0 Å². The first kappa shape index (κ1) is 71.8. The molecule has 0 aromatic carbocycles. The second kappa shape index (κ2) is 39.2. The Labute approximate surface area is 460 Å². The van der Waals surface area contributed by atoms with Crippen LogP contribution in [0.15, 0.2) is 4.99 Å². The molecule has 0 heterocycles. The van der Waals surface area contributed by atoms with E-state index in [4.69, 9.17) is 34.4 Å². The second-order valence-electron chi connectivity index (χ2n) is 21.5. The summed E-state index contributed by atoms with van der Waals surface area (Å²) >= 11 is 0. The zero-order valence-corrected chi connectivity index (χ0v) is 47.7. The third-order valence-corrected chi connectivity index (χ3v) is 12.1. The molecule has 0 aromatic rings. The first-order valence-corrected chi connectivity index (χ1v) is 27.4. The number of hydrogen-bond donors (Lipinski definition) is 16. The minimum Gasteiger partial charge on any atom is -0.391 e. The first-order chi connectivity index (χ1) is 36.6. The van der Waals surface area contributed by atoms with Crippen molar-refractivity contribution >= 4 is 65.0 Å². The fourth-order valence-electron chi connectivity index (χ4n) is 8.07. The van der Waals surface area contributed by atoms with Crippen molar-refractivity contribution in [3.63, 3.8) is 0 Å². The molecule has 0 saturated carbocycles. The van der Waals surface area contributed by atoms with Crippen LogP contribution in [0, 0.1) is 23.7 Å². The summed E-state index contributed by atoms with van der Waals surface area (Å²) in [4.78, 5) is 138. The van der Waals surface area contributed by atoms with Crippen molar-refractivity contribution in [2.75, 3.05) is 32.7 Å². The predicted molar refractivity (Wildman–Crippen MR) is 297 cm³/mol. The lowest BCUT2D eigenvalue weighted by molar-refractivity contribution is -0.136. The molecule has 0 bridgehead atoms. The molecule has 0 aliphatic heterocycles. The Morgan fingerprint density at radius 3 is 1.21 bits per heavy atom. The molecule has 0 aliphatic carbocycles. The monoisotopic (exact) mass is 1110 g/mol. The topological polar surface area (TPSA) is 468 Å². The minimum atomic E-state index is -1.59. The highest BCUT2D eigenvalue weighted by atomic mass is 16.3. The minimum absolute atomic E-state index is 0.00497. The van der Waals surface area contributed by atoms with Crippen LogP contribution >= 0.6 is 0 Å². The number of nitrogens with one attached hydrogen (secondary N) is 9. The van der Waals surface area contributed by atoms with Crippen LogP contribution in [0.5, 0.6) is 0 Å². The van der Waals surface area contributed by atoms with Crippen molar-refractivity contribution in [1.29, 1.82) is 0 Å². The van der Waals surface area contributed by atoms with Crippen LogP contribution in [0.3, 0.4) is 0 Å². The van der Waals surface area contributed by atoms with Crippen molar-refractivity contribution < 1.29 is 53.1 Å². The smallest absolute Gasteiger partial charge is 0.245 e. The molecule has 78 heavy (non-hydrogen) atoms. The molecular formula is C51H98N16O11. The van der Waals surface area contributed by atoms with Gasteiger partial charge in [0, 0.05) is 19.5 Å². The number of nitrogens with two attached hydrogens (primary N) is 6. The van der Waals surface area contributed by atoms with E-state index in [1.807, 2.05) is 55.4 Å². The average Bonchev–Trinajstić information content (AvgIpc) is 3.33. The number of aliphatic hydroxyl groups is 1. The van der Waals surface area contributed by atoms with Crippen molar-refractivity contribution in [3.05, 3.63) is 0 Å². The van der Waals surface area contributed by atoms with Crippen molar-refractivity contribution in [3.8, 4) is 0 Å². The molecule has 27 heteroatoms. The van der Waals surface area contributed by atoms with E-state index in [1.54, 1.807) is 0 Å². The summed E-state index contributed by atoms with van der Waals surface area (Å²) < 4.78 is 0. The van der Waals surface area contributed by atoms with Crippen LogP contribution in [0.2, 0.25) is 0 Å². The average molecular weight is 1110 g/mol. The number of aliphatic hydroxyl groups excluding tert-OH is 1. The van der Waals surface area contributed by atoms with E-state index >= 15 is 0 Å². The maximum Gasteiger partial charge on any atom is 0.245 e. The molecule has 0 saturated heterocycles. The Balaban J connectivity index is 6.41. The summed E-state index contributed by atoms with van der Waals surface area (Å²) in [5, 5.41) is 34.4. The van der Waals surface area contributed by atoms with Crippen LogP contribution in [0.25, 0.3) is 0 Å². The van der Waals surface area contributed by atoms with Gasteiger partial charge in [-0.15, -0.1) is 0 Å². The molecule has 0 aliphatic rings. The number of carbonyl (C=O) groups is 10. The number of primary amides is 1. The molecule has 0 aromatic heterocycles. The predicted octanol–water partition coefficient (Wildman–Crippen LogP) is -3.31. The fourth-order valence-corrected chi connectivity index (χ4v) is 8.07. The molecule has 27 nitrogen and oxygen atoms in total. The highest BCUT2D eigenvalue weighted by molar-refractivity contribution is 5.97. The second-order valence-corrected chi connectivity index (χ2v) is 21.5. The van der Waals surface area contributed by atoms with E-state index in [9.17, 15) is 53.1 Å². The third-order valence-electron chi connectivity index (χ3n) is 12.1. The van der Waals surface area contributed by atoms with Gasteiger partial charge < -0.3 is 87.4 Å². The molecule has 22 N–H and O–H groups in total. The van der Waals surface area contributed by atoms with Gasteiger partial charge in [-0.05, 0) is 121 Å². The highest BCUT2D eigenvalue weighted by Gasteiger charge is 2.35. The number of carbonyl (C=O) groups excluding carboxylic acids is 10. The molecule has 448 valence electrons. The van der Waals surface area contributed by atoms with Crippen LogP contribution in [-0.2, 0) is 47.9 Å². The standard InChI is InChI=1S/C51H98N16O11/c1-28(2)23-36(43(55)71)64-49(77)39(26-31(7)8)66-50(78)42(32(9)68)67-46(74)34(15-10-12-19-52)60-40(69)18-22-58-44(72)33(17-14-21-59-51(56)57)62-45(73)35(16-11-13-20-53)63-48(76)38(25-30(5)6)65-47(75)37(24-29(3)4)61-41(70)27-54/h28-39,42,68H,10-27,52-54H2,1-9H3,(H2,55,71)(H,58,72)(H,60,69)(H,61,70)(H,62,73)(H,63,76)(H,64,77)(H,65,75)(H,66,78)(H,67,74)(H4,56,57,59)/t32-,33+,34+,35+,36+,37+,38+,39+,42+/m1/s1. The normalized spacial score (nSPS) is 14.8. The number of rotatable bonds is 41. The van der Waals surface area contributed by atoms with E-state index < -0.39 is 114 Å². The lowest BCUT2D eigenvalue weighted by Crippen LogP contribution is -2.60. The van der Waals surface area contributed by atoms with Gasteiger partial charge in [0.1, 0.15) is 48.3 Å². The van der Waals surface area contributed by atoms with Gasteiger partial charge in [-0.25, -0.2) is 0 Å². The highest BCUT2D eigenvalue weighted by Crippen LogP contribution is 2.13. The summed E-state index contributed by atoms with van der Waals surface area (Å²) in [6, 6.07) is -9.53. The van der Waals surface area contributed by atoms with Gasteiger partial charge in [-0.2, -0.15) is 0 Å². The Morgan fingerprint density at radius 2 is 0.782 bits per heavy atom. The van der Waals surface area contributed by atoms with Gasteiger partial charge in [0.25, 0.3) is 0 Å². The van der Waals surface area contributed by atoms with Gasteiger partial charge in [-0.1, -0.05) is 55.4 Å². The summed E-state index contributed by atoms with van der Waals surface area (Å²) in [5.74, 6) is -7.50. The zero-order valence-electron chi connectivity index (χ0n) is 47.7. The number of amides is 10. The van der Waals surface area contributed by atoms with Crippen LogP contribution in [-0.4, -0.2) is 157 Å². The Morgan fingerprint density at radius 1 is 0.423 bits per heavy atom. The lowest BCUT2D eigenvalue weighted by Gasteiger charge is -2.28. The SMILES string of the molecule is CC(C)C[C@H](NC(=O)[C@H](CC(C)C)NC(=O)[C@@H](NC(=O)[C@H](CCCCN)NC(=O)CCNC(=O)[C@H](CCCN=C(N)N)NC(=O)[C@H](CCCCN)NC(=O)[C@H](CC(C)C)NC(=O)[C@H](CC(C)C)NC(=O)CN)[C@@H](C)O)C(N)=O. The zero-order chi connectivity index (χ0) is 59.7. The summed E-state index contributed by atoms with van der Waals surface area (Å²) in [6.07, 6.45) is 1.17. The van der Waals surface area contributed by atoms with Crippen molar-refractivity contribution in [1.82, 2.24) is 47.9 Å². The van der Waals surface area contributed by atoms with Crippen LogP contribution in [0.4, 0.5) is 0 Å². The number of guanidine groups is 1. The first-order valence-electron chi connectivity index (χ1n) is 27.4. The molecular weight excluding hydrogens is 1010 g/mol. The molecule has 0 radical (unpaired) electrons. The number of hydrogen-bond acceptors (Lipinski definition) is 15. The molecule has 0 spiro atoms. The molecule has 10 amide bonds. The Bertz CT molecular complexity index is 1930. The molecule has 0 fully saturated rings. The number of nitrogens with zero attached hydrogens (tertiary/aromatic N) is 1. The Hall–Kier alpha value is -6.19. The van der Waals surface area contributed by atoms with Gasteiger partial charge in [0.2, 0.25) is 59.1 Å². The van der Waals surface area contributed by atoms with Gasteiger partial charge in [0.15, 0.2) is 5.96 Å². The van der Waals surface area contributed by atoms with E-state index in [1.165, 1.54) is 6.92 Å². The van der Waals surface area contributed by atoms with E-state index in [-0.39, 0.29) is 114 Å². The third kappa shape index (κ3) is 31.3. The van der Waals surface area contributed by atoms with Crippen molar-refractivity contribution in [2.45, 2.75) is 200 Å². The number of unbranched alkanes of at least 4 members (excludes halogenated alkanes) is 2. The van der Waals surface area contributed by atoms with Crippen LogP contribution < -0.4 is 82.3 Å². The lowest BCUT2D eigenvalue weighted by atomic mass is 9.99. The Kier molecular flexibility index (Phi) is 36.1. The maximum absolute atomic E-state index is 14.1. The molecule has 0 rings (SSSR count). The fraction of sp³-hybridized carbons (Fsp3) is 0.784. The largest absolute Gasteiger partial charge is 0.391 e. The van der Waals surface area contributed by atoms with Crippen molar-refractivity contribution in [2.24, 2.45) is 63.1 Å². The van der Waals surface area contributed by atoms with E-state index in [0.29, 0.717) is 32.2 Å². The maximum atomic E-state index is 14.1. The van der Waals surface area contributed by atoms with E-state index in [0.717, 1.165) is 0 Å². The summed E-state index contributed by atoms with van der Waals surface area (Å²) in [5.41, 5.74) is 33.5. The summed E-state index contributed by atoms with van der Waals surface area (Å²) in [6.45, 7) is 16.1. The molecule has 9 atom stereocenters. The van der Waals surface area contributed by atoms with Crippen LogP contribution in [0.1, 0.15) is 146 Å². The number of aliphatic imine (C=N–C) groups is 1. The van der Waals surface area contributed by atoms with Gasteiger partial charge in [0.05, 0.1) is 12.6 Å². The molecule has 0 unspecified atom stereocenters. The van der Waals surface area contributed by atoms with Gasteiger partial charge in [-0.3, -0.25) is 52.9 Å². The quantitative estimate of drug-likeness (QED) is 0.0162. The summed E-state index contributed by atoms with van der Waals surface area (Å²) in [7, 11) is 0.